The smallest absolute Gasteiger partial charge is 0.241 e. The molecule has 1 fully saturated rings. The summed E-state index contributed by atoms with van der Waals surface area (Å²) in [5.41, 5.74) is 1.67. The fraction of sp³-hybridized carbons (Fsp3) is 0.333. The molecular formula is C21H22ClN5O2. The number of nitrogens with one attached hydrogen (secondary N) is 1. The van der Waals surface area contributed by atoms with Crippen molar-refractivity contribution in [3.63, 3.8) is 0 Å². The number of carbonyl (C=O) groups is 1. The van der Waals surface area contributed by atoms with Crippen LogP contribution in [0.15, 0.2) is 53.2 Å². The normalized spacial score (nSPS) is 17.2. The molecule has 8 heteroatoms. The van der Waals surface area contributed by atoms with E-state index in [1.54, 1.807) is 18.3 Å². The van der Waals surface area contributed by atoms with Crippen LogP contribution < -0.4 is 5.32 Å². The van der Waals surface area contributed by atoms with Crippen molar-refractivity contribution < 1.29 is 9.32 Å². The zero-order valence-corrected chi connectivity index (χ0v) is 16.7. The van der Waals surface area contributed by atoms with Crippen LogP contribution in [0.2, 0.25) is 5.02 Å². The van der Waals surface area contributed by atoms with Crippen LogP contribution in [0.5, 0.6) is 0 Å². The zero-order valence-electron chi connectivity index (χ0n) is 15.9. The highest BCUT2D eigenvalue weighted by Gasteiger charge is 2.26. The van der Waals surface area contributed by atoms with E-state index in [2.05, 4.69) is 25.3 Å². The van der Waals surface area contributed by atoms with Gasteiger partial charge < -0.3 is 9.84 Å². The van der Waals surface area contributed by atoms with Gasteiger partial charge in [-0.05, 0) is 43.7 Å². The number of hydrogen-bond donors (Lipinski definition) is 1. The van der Waals surface area contributed by atoms with Crippen LogP contribution in [-0.2, 0) is 17.9 Å². The van der Waals surface area contributed by atoms with Gasteiger partial charge in [0.15, 0.2) is 0 Å². The second-order valence-electron chi connectivity index (χ2n) is 7.14. The standard InChI is InChI=1S/C21H22ClN5O2/c22-17-7-3-5-15(11-17)20-25-19(29-26-20)14-27-10-4-6-16(13-27)21(28)24-12-18-8-1-2-9-23-18/h1-3,5,7-9,11,16H,4,6,10,12-14H2,(H,24,28). The van der Waals surface area contributed by atoms with Gasteiger partial charge in [0.05, 0.1) is 24.7 Å². The minimum atomic E-state index is -0.0530. The summed E-state index contributed by atoms with van der Waals surface area (Å²) in [4.78, 5) is 23.5. The van der Waals surface area contributed by atoms with Crippen LogP contribution in [0, 0.1) is 5.92 Å². The molecule has 0 bridgehead atoms. The number of pyridine rings is 1. The van der Waals surface area contributed by atoms with Crippen molar-refractivity contribution in [1.82, 2.24) is 25.3 Å². The van der Waals surface area contributed by atoms with Crippen molar-refractivity contribution in [3.05, 3.63) is 65.3 Å². The summed E-state index contributed by atoms with van der Waals surface area (Å²) in [6.45, 7) is 2.54. The number of likely N-dealkylation sites (tertiary alicyclic amines) is 1. The molecule has 3 heterocycles. The molecule has 150 valence electrons. The van der Waals surface area contributed by atoms with E-state index in [-0.39, 0.29) is 11.8 Å². The van der Waals surface area contributed by atoms with Crippen molar-refractivity contribution in [3.8, 4) is 11.4 Å². The first-order valence-corrected chi connectivity index (χ1v) is 10.0. The third-order valence-electron chi connectivity index (χ3n) is 4.96. The maximum Gasteiger partial charge on any atom is 0.241 e. The summed E-state index contributed by atoms with van der Waals surface area (Å²) < 4.78 is 5.41. The Kier molecular flexibility index (Phi) is 6.17. The molecule has 1 aliphatic heterocycles. The number of benzene rings is 1. The number of rotatable bonds is 6. The van der Waals surface area contributed by atoms with Crippen molar-refractivity contribution in [1.29, 1.82) is 0 Å². The van der Waals surface area contributed by atoms with E-state index in [9.17, 15) is 4.79 Å². The van der Waals surface area contributed by atoms with E-state index in [1.165, 1.54) is 0 Å². The summed E-state index contributed by atoms with van der Waals surface area (Å²) >= 11 is 6.03. The van der Waals surface area contributed by atoms with Crippen LogP contribution in [0.25, 0.3) is 11.4 Å². The van der Waals surface area contributed by atoms with Crippen LogP contribution in [0.4, 0.5) is 0 Å². The highest BCUT2D eigenvalue weighted by Crippen LogP contribution is 2.22. The van der Waals surface area contributed by atoms with E-state index in [4.69, 9.17) is 16.1 Å². The molecule has 1 unspecified atom stereocenters. The fourth-order valence-electron chi connectivity index (χ4n) is 3.49. The molecule has 0 spiro atoms. The molecule has 3 aromatic rings. The molecule has 1 saturated heterocycles. The Labute approximate surface area is 174 Å². The number of hydrogen-bond acceptors (Lipinski definition) is 6. The van der Waals surface area contributed by atoms with Crippen LogP contribution in [-0.4, -0.2) is 39.0 Å². The summed E-state index contributed by atoms with van der Waals surface area (Å²) in [5, 5.41) is 7.67. The summed E-state index contributed by atoms with van der Waals surface area (Å²) in [5.74, 6) is 1.06. The molecule has 0 radical (unpaired) electrons. The lowest BCUT2D eigenvalue weighted by Crippen LogP contribution is -2.42. The Bertz CT molecular complexity index is 962. The second kappa shape index (κ2) is 9.15. The van der Waals surface area contributed by atoms with Gasteiger partial charge in [0, 0.05) is 23.3 Å². The third-order valence-corrected chi connectivity index (χ3v) is 5.19. The quantitative estimate of drug-likeness (QED) is 0.669. The molecule has 0 saturated carbocycles. The molecule has 1 aliphatic rings. The van der Waals surface area contributed by atoms with Gasteiger partial charge in [-0.2, -0.15) is 4.98 Å². The fourth-order valence-corrected chi connectivity index (χ4v) is 3.68. The van der Waals surface area contributed by atoms with E-state index < -0.39 is 0 Å². The van der Waals surface area contributed by atoms with Gasteiger partial charge >= 0.3 is 0 Å². The third kappa shape index (κ3) is 5.19. The number of piperidine rings is 1. The number of amides is 1. The van der Waals surface area contributed by atoms with Gasteiger partial charge in [-0.3, -0.25) is 14.7 Å². The Hall–Kier alpha value is -2.77. The van der Waals surface area contributed by atoms with Gasteiger partial charge in [0.25, 0.3) is 0 Å². The van der Waals surface area contributed by atoms with E-state index >= 15 is 0 Å². The Morgan fingerprint density at radius 1 is 1.28 bits per heavy atom. The summed E-state index contributed by atoms with van der Waals surface area (Å²) in [6.07, 6.45) is 3.56. The van der Waals surface area contributed by atoms with Crippen LogP contribution in [0.1, 0.15) is 24.4 Å². The first-order chi connectivity index (χ1) is 14.2. The van der Waals surface area contributed by atoms with Gasteiger partial charge in [0.2, 0.25) is 17.6 Å². The highest BCUT2D eigenvalue weighted by atomic mass is 35.5. The predicted molar refractivity (Wildman–Crippen MR) is 109 cm³/mol. The average Bonchev–Trinajstić information content (AvgIpc) is 3.21. The Morgan fingerprint density at radius 3 is 3.03 bits per heavy atom. The lowest BCUT2D eigenvalue weighted by molar-refractivity contribution is -0.127. The molecule has 7 nitrogen and oxygen atoms in total. The minimum Gasteiger partial charge on any atom is -0.350 e. The first kappa shape index (κ1) is 19.5. The highest BCUT2D eigenvalue weighted by molar-refractivity contribution is 6.30. The Morgan fingerprint density at radius 2 is 2.21 bits per heavy atom. The first-order valence-electron chi connectivity index (χ1n) is 9.66. The van der Waals surface area contributed by atoms with Crippen molar-refractivity contribution in [2.45, 2.75) is 25.9 Å². The summed E-state index contributed by atoms with van der Waals surface area (Å²) in [7, 11) is 0. The van der Waals surface area contributed by atoms with Gasteiger partial charge in [0.1, 0.15) is 0 Å². The lowest BCUT2D eigenvalue weighted by Gasteiger charge is -2.30. The molecule has 4 rings (SSSR count). The number of aromatic nitrogens is 3. The monoisotopic (exact) mass is 411 g/mol. The topological polar surface area (TPSA) is 84.2 Å². The number of nitrogens with zero attached hydrogens (tertiary/aromatic N) is 4. The average molecular weight is 412 g/mol. The number of halogens is 1. The zero-order chi connectivity index (χ0) is 20.1. The van der Waals surface area contributed by atoms with Gasteiger partial charge in [-0.1, -0.05) is 35.0 Å². The van der Waals surface area contributed by atoms with E-state index in [1.807, 2.05) is 30.3 Å². The summed E-state index contributed by atoms with van der Waals surface area (Å²) in [6, 6.07) is 13.0. The lowest BCUT2D eigenvalue weighted by atomic mass is 9.97. The minimum absolute atomic E-state index is 0.0530. The van der Waals surface area contributed by atoms with Crippen molar-refractivity contribution in [2.75, 3.05) is 13.1 Å². The number of carbonyl (C=O) groups excluding carboxylic acids is 1. The molecular weight excluding hydrogens is 390 g/mol. The SMILES string of the molecule is O=C(NCc1ccccn1)C1CCCN(Cc2nc(-c3cccc(Cl)c3)no2)C1. The molecule has 1 N–H and O–H groups in total. The molecule has 0 aliphatic carbocycles. The van der Waals surface area contributed by atoms with Gasteiger partial charge in [-0.15, -0.1) is 0 Å². The van der Waals surface area contributed by atoms with E-state index in [0.717, 1.165) is 30.6 Å². The van der Waals surface area contributed by atoms with Gasteiger partial charge in [-0.25, -0.2) is 0 Å². The second-order valence-corrected chi connectivity index (χ2v) is 7.57. The molecule has 1 amide bonds. The Balaban J connectivity index is 1.32. The van der Waals surface area contributed by atoms with Crippen LogP contribution >= 0.6 is 11.6 Å². The maximum absolute atomic E-state index is 12.6. The largest absolute Gasteiger partial charge is 0.350 e. The molecule has 1 aromatic carbocycles. The van der Waals surface area contributed by atoms with Crippen molar-refractivity contribution in [2.24, 2.45) is 5.92 Å². The predicted octanol–water partition coefficient (Wildman–Crippen LogP) is 3.31. The van der Waals surface area contributed by atoms with Crippen molar-refractivity contribution >= 4 is 17.5 Å². The van der Waals surface area contributed by atoms with E-state index in [0.29, 0.717) is 36.4 Å². The molecule has 29 heavy (non-hydrogen) atoms. The molecule has 1 atom stereocenters. The van der Waals surface area contributed by atoms with Crippen LogP contribution in [0.3, 0.4) is 0 Å². The molecule has 2 aromatic heterocycles. The maximum atomic E-state index is 12.6.